The number of ether oxygens (including phenoxy) is 1. The van der Waals surface area contributed by atoms with Gasteiger partial charge in [0.1, 0.15) is 16.7 Å². The van der Waals surface area contributed by atoms with Gasteiger partial charge in [-0.25, -0.2) is 0 Å². The van der Waals surface area contributed by atoms with Gasteiger partial charge in [-0.3, -0.25) is 0 Å². The van der Waals surface area contributed by atoms with Gasteiger partial charge in [0.25, 0.3) is 0 Å². The first-order valence-electron chi connectivity index (χ1n) is 8.79. The average molecular weight is 380 g/mol. The van der Waals surface area contributed by atoms with Crippen LogP contribution in [0.5, 0.6) is 5.75 Å². The van der Waals surface area contributed by atoms with Gasteiger partial charge in [-0.15, -0.1) is 0 Å². The van der Waals surface area contributed by atoms with Crippen molar-refractivity contribution in [2.45, 2.75) is 18.2 Å². The number of benzene rings is 3. The van der Waals surface area contributed by atoms with E-state index in [1.807, 2.05) is 12.1 Å². The average Bonchev–Trinajstić information content (AvgIpc) is 2.71. The zero-order valence-electron chi connectivity index (χ0n) is 14.7. The maximum absolute atomic E-state index is 5.91. The Kier molecular flexibility index (Phi) is 5.14. The van der Waals surface area contributed by atoms with E-state index in [1.165, 1.54) is 21.9 Å². The summed E-state index contributed by atoms with van der Waals surface area (Å²) in [5.41, 5.74) is 2.56. The third-order valence-electron chi connectivity index (χ3n) is 4.87. The molecule has 0 saturated heterocycles. The topological polar surface area (TPSA) is 12.5 Å². The molecule has 1 atom stereocenters. The Bertz CT molecular complexity index is 940. The zero-order chi connectivity index (χ0) is 17.9. The van der Waals surface area contributed by atoms with E-state index in [1.54, 1.807) is 11.8 Å². The molecule has 1 unspecified atom stereocenters. The van der Waals surface area contributed by atoms with Gasteiger partial charge in [0.05, 0.1) is 6.04 Å². The third kappa shape index (κ3) is 3.71. The third-order valence-corrected chi connectivity index (χ3v) is 6.53. The first kappa shape index (κ1) is 17.4. The van der Waals surface area contributed by atoms with E-state index in [0.29, 0.717) is 12.6 Å². The highest BCUT2D eigenvalue weighted by atomic mass is 32.2. The van der Waals surface area contributed by atoms with Crippen molar-refractivity contribution < 1.29 is 4.74 Å². The normalized spacial score (nSPS) is 16.0. The number of hydrogen-bond donors (Lipinski definition) is 0. The van der Waals surface area contributed by atoms with Crippen molar-refractivity contribution >= 4 is 39.1 Å². The Morgan fingerprint density at radius 3 is 2.73 bits per heavy atom. The summed E-state index contributed by atoms with van der Waals surface area (Å²) >= 11 is 7.41. The van der Waals surface area contributed by atoms with E-state index in [-0.39, 0.29) is 0 Å². The number of fused-ring (bicyclic) bond motifs is 2. The number of nitrogens with zero attached hydrogens (tertiary/aromatic N) is 1. The largest absolute Gasteiger partial charge is 0.491 e. The fourth-order valence-corrected chi connectivity index (χ4v) is 4.43. The van der Waals surface area contributed by atoms with E-state index in [2.05, 4.69) is 66.5 Å². The number of thioether (sulfide) groups is 1. The van der Waals surface area contributed by atoms with Crippen LogP contribution in [-0.2, 0) is 12.2 Å². The monoisotopic (exact) mass is 379 g/mol. The van der Waals surface area contributed by atoms with E-state index < -0.39 is 0 Å². The van der Waals surface area contributed by atoms with Crippen LogP contribution in [-0.4, -0.2) is 28.9 Å². The molecule has 2 nitrogen and oxygen atoms in total. The lowest BCUT2D eigenvalue weighted by molar-refractivity contribution is 0.196. The summed E-state index contributed by atoms with van der Waals surface area (Å²) in [7, 11) is 2.08. The van der Waals surface area contributed by atoms with Gasteiger partial charge in [0.2, 0.25) is 0 Å². The fourth-order valence-electron chi connectivity index (χ4n) is 3.29. The van der Waals surface area contributed by atoms with Crippen LogP contribution in [0.4, 0.5) is 0 Å². The van der Waals surface area contributed by atoms with Gasteiger partial charge in [-0.1, -0.05) is 84.6 Å². The van der Waals surface area contributed by atoms with Crippen LogP contribution in [0.3, 0.4) is 0 Å². The molecule has 0 radical (unpaired) electrons. The minimum Gasteiger partial charge on any atom is -0.491 e. The molecule has 0 saturated carbocycles. The van der Waals surface area contributed by atoms with Crippen molar-refractivity contribution in [3.63, 3.8) is 0 Å². The smallest absolute Gasteiger partial charge is 0.136 e. The Morgan fingerprint density at radius 1 is 1.08 bits per heavy atom. The van der Waals surface area contributed by atoms with Crippen LogP contribution in [0.25, 0.3) is 10.8 Å². The van der Waals surface area contributed by atoms with Crippen LogP contribution in [0.2, 0.25) is 0 Å². The molecule has 1 aliphatic heterocycles. The van der Waals surface area contributed by atoms with Gasteiger partial charge in [-0.2, -0.15) is 0 Å². The molecule has 1 aliphatic rings. The summed E-state index contributed by atoms with van der Waals surface area (Å²) in [6.07, 6.45) is 0.976. The summed E-state index contributed by atoms with van der Waals surface area (Å²) < 4.78 is 6.83. The SMILES string of the molecule is CN(C(=S)SCc1ccc2ccccc2c1)C1COc2ccccc2C1. The predicted octanol–water partition coefficient (Wildman–Crippen LogP) is 5.29. The van der Waals surface area contributed by atoms with Crippen LogP contribution < -0.4 is 4.74 Å². The van der Waals surface area contributed by atoms with Crippen LogP contribution in [0.1, 0.15) is 11.1 Å². The summed E-state index contributed by atoms with van der Waals surface area (Å²) in [6, 6.07) is 23.7. The molecule has 3 aromatic carbocycles. The lowest BCUT2D eigenvalue weighted by atomic mass is 10.0. The molecular formula is C22H21NOS2. The quantitative estimate of drug-likeness (QED) is 0.573. The molecule has 0 amide bonds. The first-order valence-corrected chi connectivity index (χ1v) is 10.2. The lowest BCUT2D eigenvalue weighted by Crippen LogP contribution is -2.42. The van der Waals surface area contributed by atoms with Gasteiger partial charge < -0.3 is 9.64 Å². The highest BCUT2D eigenvalue weighted by Crippen LogP contribution is 2.28. The van der Waals surface area contributed by atoms with Crippen LogP contribution >= 0.6 is 24.0 Å². The van der Waals surface area contributed by atoms with Crippen LogP contribution in [0, 0.1) is 0 Å². The van der Waals surface area contributed by atoms with E-state index in [4.69, 9.17) is 17.0 Å². The second-order valence-corrected chi connectivity index (χ2v) is 8.23. The molecular weight excluding hydrogens is 358 g/mol. The van der Waals surface area contributed by atoms with Gasteiger partial charge >= 0.3 is 0 Å². The van der Waals surface area contributed by atoms with Gasteiger partial charge in [-0.05, 0) is 34.4 Å². The Labute approximate surface area is 164 Å². The Hall–Kier alpha value is -2.04. The highest BCUT2D eigenvalue weighted by molar-refractivity contribution is 8.22. The van der Waals surface area contributed by atoms with Gasteiger partial charge in [0, 0.05) is 12.8 Å². The van der Waals surface area contributed by atoms with Crippen molar-refractivity contribution in [3.05, 3.63) is 77.9 Å². The summed E-state index contributed by atoms with van der Waals surface area (Å²) in [6.45, 7) is 0.685. The zero-order valence-corrected chi connectivity index (χ0v) is 16.4. The van der Waals surface area contributed by atoms with E-state index in [0.717, 1.165) is 22.2 Å². The number of para-hydroxylation sites is 1. The fraction of sp³-hybridized carbons (Fsp3) is 0.227. The van der Waals surface area contributed by atoms with Crippen molar-refractivity contribution in [2.75, 3.05) is 13.7 Å². The maximum atomic E-state index is 5.91. The number of hydrogen-bond acceptors (Lipinski definition) is 3. The molecule has 4 heteroatoms. The van der Waals surface area contributed by atoms with Crippen molar-refractivity contribution in [1.82, 2.24) is 4.90 Å². The van der Waals surface area contributed by atoms with E-state index >= 15 is 0 Å². The van der Waals surface area contributed by atoms with E-state index in [9.17, 15) is 0 Å². The number of rotatable bonds is 3. The molecule has 3 aromatic rings. The Balaban J connectivity index is 1.38. The number of likely N-dealkylation sites (N-methyl/N-ethyl adjacent to an activating group) is 1. The molecule has 0 spiro atoms. The van der Waals surface area contributed by atoms with Crippen molar-refractivity contribution in [3.8, 4) is 5.75 Å². The molecule has 0 aromatic heterocycles. The summed E-state index contributed by atoms with van der Waals surface area (Å²) in [5.74, 6) is 1.89. The highest BCUT2D eigenvalue weighted by Gasteiger charge is 2.24. The maximum Gasteiger partial charge on any atom is 0.136 e. The molecule has 26 heavy (non-hydrogen) atoms. The predicted molar refractivity (Wildman–Crippen MR) is 115 cm³/mol. The molecule has 0 N–H and O–H groups in total. The summed E-state index contributed by atoms with van der Waals surface area (Å²) in [4.78, 5) is 2.19. The molecule has 0 bridgehead atoms. The molecule has 0 aliphatic carbocycles. The standard InChI is InChI=1S/C22H21NOS2/c1-23(20-13-19-8-4-5-9-21(19)24-14-20)22(25)26-15-16-10-11-17-6-2-3-7-18(17)12-16/h2-12,20H,13-15H2,1H3. The summed E-state index contributed by atoms with van der Waals surface area (Å²) in [5, 5.41) is 2.56. The molecule has 4 rings (SSSR count). The second-order valence-electron chi connectivity index (χ2n) is 6.62. The number of thiocarbonyl (C=S) groups is 1. The van der Waals surface area contributed by atoms with Gasteiger partial charge in [0.15, 0.2) is 0 Å². The molecule has 1 heterocycles. The van der Waals surface area contributed by atoms with Crippen LogP contribution in [0.15, 0.2) is 66.7 Å². The molecule has 132 valence electrons. The lowest BCUT2D eigenvalue weighted by Gasteiger charge is -2.33. The minimum atomic E-state index is 0.293. The van der Waals surface area contributed by atoms with Crippen molar-refractivity contribution in [1.29, 1.82) is 0 Å². The minimum absolute atomic E-state index is 0.293. The molecule has 0 fully saturated rings. The van der Waals surface area contributed by atoms with Crippen molar-refractivity contribution in [2.24, 2.45) is 0 Å². The first-order chi connectivity index (χ1) is 12.7. The Morgan fingerprint density at radius 2 is 1.85 bits per heavy atom. The second kappa shape index (κ2) is 7.68.